The maximum atomic E-state index is 12.2. The molecule has 1 aromatic carbocycles. The number of ether oxygens (including phenoxy) is 1. The number of benzene rings is 1. The van der Waals surface area contributed by atoms with E-state index in [4.69, 9.17) is 0 Å². The molecule has 0 aliphatic carbocycles. The van der Waals surface area contributed by atoms with Crippen LogP contribution < -0.4 is 10.1 Å². The minimum Gasteiger partial charge on any atom is -0.434 e. The van der Waals surface area contributed by atoms with E-state index in [2.05, 4.69) is 10.1 Å². The summed E-state index contributed by atoms with van der Waals surface area (Å²) in [5.74, 6) is 2.23. The van der Waals surface area contributed by atoms with E-state index in [0.717, 1.165) is 23.6 Å². The van der Waals surface area contributed by atoms with E-state index in [1.165, 1.54) is 0 Å². The molecule has 1 N–H and O–H groups in total. The molecule has 1 aliphatic rings. The van der Waals surface area contributed by atoms with Gasteiger partial charge in [-0.1, -0.05) is 18.2 Å². The maximum Gasteiger partial charge on any atom is 0.387 e. The van der Waals surface area contributed by atoms with Crippen molar-refractivity contribution < 1.29 is 13.5 Å². The van der Waals surface area contributed by atoms with Gasteiger partial charge in [-0.25, -0.2) is 0 Å². The lowest BCUT2D eigenvalue weighted by Crippen LogP contribution is -2.30. The van der Waals surface area contributed by atoms with Gasteiger partial charge in [0, 0.05) is 29.7 Å². The van der Waals surface area contributed by atoms with E-state index in [0.29, 0.717) is 0 Å². The van der Waals surface area contributed by atoms with Crippen molar-refractivity contribution in [3.63, 3.8) is 0 Å². The van der Waals surface area contributed by atoms with E-state index in [-0.39, 0.29) is 11.8 Å². The monoisotopic (exact) mass is 245 g/mol. The summed E-state index contributed by atoms with van der Waals surface area (Å²) >= 11 is 1.82. The second-order valence-corrected chi connectivity index (χ2v) is 4.65. The molecule has 0 saturated carbocycles. The maximum absolute atomic E-state index is 12.2. The highest BCUT2D eigenvalue weighted by molar-refractivity contribution is 7.99. The molecule has 1 heterocycles. The molecule has 5 heteroatoms. The third-order valence-electron chi connectivity index (χ3n) is 2.43. The van der Waals surface area contributed by atoms with Gasteiger partial charge in [-0.3, -0.25) is 0 Å². The summed E-state index contributed by atoms with van der Waals surface area (Å²) in [5, 5.41) is 3.30. The molecule has 1 aliphatic heterocycles. The van der Waals surface area contributed by atoms with Crippen LogP contribution in [0.25, 0.3) is 0 Å². The highest BCUT2D eigenvalue weighted by atomic mass is 32.2. The molecule has 0 aromatic heterocycles. The molecule has 1 aromatic rings. The van der Waals surface area contributed by atoms with Gasteiger partial charge in [-0.05, 0) is 6.07 Å². The topological polar surface area (TPSA) is 21.3 Å². The van der Waals surface area contributed by atoms with Gasteiger partial charge in [0.25, 0.3) is 0 Å². The molecule has 2 rings (SSSR count). The molecule has 0 radical (unpaired) electrons. The Labute approximate surface area is 97.4 Å². The summed E-state index contributed by atoms with van der Waals surface area (Å²) in [6, 6.07) is 7.07. The molecular weight excluding hydrogens is 232 g/mol. The molecule has 88 valence electrons. The molecule has 0 bridgehead atoms. The molecule has 16 heavy (non-hydrogen) atoms. The first-order valence-electron chi connectivity index (χ1n) is 5.12. The average molecular weight is 245 g/mol. The summed E-state index contributed by atoms with van der Waals surface area (Å²) in [7, 11) is 0. The van der Waals surface area contributed by atoms with Crippen LogP contribution in [0.15, 0.2) is 24.3 Å². The largest absolute Gasteiger partial charge is 0.434 e. The second-order valence-electron chi connectivity index (χ2n) is 3.50. The highest BCUT2D eigenvalue weighted by Crippen LogP contribution is 2.30. The average Bonchev–Trinajstić information content (AvgIpc) is 2.30. The normalized spacial score (nSPS) is 21.1. The Bertz CT molecular complexity index is 343. The van der Waals surface area contributed by atoms with E-state index in [1.54, 1.807) is 12.1 Å². The van der Waals surface area contributed by atoms with Gasteiger partial charge in [0.05, 0.1) is 0 Å². The predicted molar refractivity (Wildman–Crippen MR) is 61.1 cm³/mol. The number of alkyl halides is 2. The van der Waals surface area contributed by atoms with Crippen LogP contribution in [-0.2, 0) is 0 Å². The molecule has 0 amide bonds. The Kier molecular flexibility index (Phi) is 4.01. The smallest absolute Gasteiger partial charge is 0.387 e. The molecule has 1 fully saturated rings. The molecule has 1 unspecified atom stereocenters. The summed E-state index contributed by atoms with van der Waals surface area (Å²) in [4.78, 5) is 0. The summed E-state index contributed by atoms with van der Waals surface area (Å²) in [6.07, 6.45) is 0. The van der Waals surface area contributed by atoms with Crippen molar-refractivity contribution in [1.82, 2.24) is 5.32 Å². The summed E-state index contributed by atoms with van der Waals surface area (Å²) in [6.45, 7) is -1.87. The van der Waals surface area contributed by atoms with Crippen molar-refractivity contribution in [2.45, 2.75) is 12.7 Å². The third kappa shape index (κ3) is 2.86. The number of rotatable bonds is 3. The molecule has 2 nitrogen and oxygen atoms in total. The Morgan fingerprint density at radius 1 is 1.38 bits per heavy atom. The van der Waals surface area contributed by atoms with Gasteiger partial charge in [-0.15, -0.1) is 0 Å². The zero-order valence-electron chi connectivity index (χ0n) is 8.66. The highest BCUT2D eigenvalue weighted by Gasteiger charge is 2.19. The number of para-hydroxylation sites is 1. The Hall–Kier alpha value is -0.810. The lowest BCUT2D eigenvalue weighted by atomic mass is 10.1. The molecule has 0 spiro atoms. The first-order valence-corrected chi connectivity index (χ1v) is 6.27. The van der Waals surface area contributed by atoms with Crippen molar-refractivity contribution in [3.05, 3.63) is 29.8 Å². The predicted octanol–water partition coefficient (Wildman–Crippen LogP) is 2.67. The number of halogens is 2. The minimum absolute atomic E-state index is 0.105. The van der Waals surface area contributed by atoms with Gasteiger partial charge >= 0.3 is 6.61 Å². The van der Waals surface area contributed by atoms with Crippen molar-refractivity contribution in [3.8, 4) is 5.75 Å². The van der Waals surface area contributed by atoms with Crippen LogP contribution in [0.2, 0.25) is 0 Å². The van der Waals surface area contributed by atoms with Crippen LogP contribution in [0.1, 0.15) is 11.6 Å². The lowest BCUT2D eigenvalue weighted by molar-refractivity contribution is -0.0506. The Balaban J connectivity index is 2.17. The Morgan fingerprint density at radius 3 is 2.88 bits per heavy atom. The van der Waals surface area contributed by atoms with Crippen molar-refractivity contribution in [2.75, 3.05) is 18.1 Å². The Morgan fingerprint density at radius 2 is 2.19 bits per heavy atom. The van der Waals surface area contributed by atoms with Gasteiger partial charge in [0.15, 0.2) is 0 Å². The molecular formula is C11H13F2NOS. The standard InChI is InChI=1S/C11H13F2NOS/c12-11(13)15-10-4-2-1-3-8(10)9-7-16-6-5-14-9/h1-4,9,11,14H,5-7H2. The first kappa shape index (κ1) is 11.7. The van der Waals surface area contributed by atoms with Crippen LogP contribution in [0, 0.1) is 0 Å². The number of thioether (sulfide) groups is 1. The third-order valence-corrected chi connectivity index (χ3v) is 3.49. The number of nitrogens with one attached hydrogen (secondary N) is 1. The van der Waals surface area contributed by atoms with E-state index in [1.807, 2.05) is 23.9 Å². The summed E-state index contributed by atoms with van der Waals surface area (Å²) in [5.41, 5.74) is 0.815. The lowest BCUT2D eigenvalue weighted by Gasteiger charge is -2.25. The second kappa shape index (κ2) is 5.50. The fraction of sp³-hybridized carbons (Fsp3) is 0.455. The van der Waals surface area contributed by atoms with Crippen molar-refractivity contribution >= 4 is 11.8 Å². The van der Waals surface area contributed by atoms with Crippen LogP contribution >= 0.6 is 11.8 Å². The molecule has 1 saturated heterocycles. The van der Waals surface area contributed by atoms with Gasteiger partial charge in [-0.2, -0.15) is 20.5 Å². The molecule has 1 atom stereocenters. The number of hydrogen-bond donors (Lipinski definition) is 1. The van der Waals surface area contributed by atoms with Crippen LogP contribution in [0.4, 0.5) is 8.78 Å². The SMILES string of the molecule is FC(F)Oc1ccccc1C1CSCCN1. The first-order chi connectivity index (χ1) is 7.77. The van der Waals surface area contributed by atoms with Gasteiger partial charge < -0.3 is 10.1 Å². The van der Waals surface area contributed by atoms with E-state index >= 15 is 0 Å². The zero-order valence-corrected chi connectivity index (χ0v) is 9.47. The van der Waals surface area contributed by atoms with Crippen LogP contribution in [0.5, 0.6) is 5.75 Å². The summed E-state index contributed by atoms with van der Waals surface area (Å²) < 4.78 is 29.0. The zero-order chi connectivity index (χ0) is 11.4. The van der Waals surface area contributed by atoms with Crippen molar-refractivity contribution in [2.24, 2.45) is 0 Å². The van der Waals surface area contributed by atoms with E-state index < -0.39 is 6.61 Å². The fourth-order valence-electron chi connectivity index (χ4n) is 1.74. The fourth-order valence-corrected chi connectivity index (χ4v) is 2.70. The van der Waals surface area contributed by atoms with Gasteiger partial charge in [0.2, 0.25) is 0 Å². The quantitative estimate of drug-likeness (QED) is 0.884. The van der Waals surface area contributed by atoms with E-state index in [9.17, 15) is 8.78 Å². The number of hydrogen-bond acceptors (Lipinski definition) is 3. The minimum atomic E-state index is -2.77. The van der Waals surface area contributed by atoms with Crippen molar-refractivity contribution in [1.29, 1.82) is 0 Å². The van der Waals surface area contributed by atoms with Crippen LogP contribution in [-0.4, -0.2) is 24.7 Å². The van der Waals surface area contributed by atoms with Gasteiger partial charge in [0.1, 0.15) is 5.75 Å². The van der Waals surface area contributed by atoms with Crippen LogP contribution in [0.3, 0.4) is 0 Å².